The molecular formula is C21H13NO5S. The van der Waals surface area contributed by atoms with Gasteiger partial charge in [0, 0.05) is 0 Å². The molecule has 7 heteroatoms. The van der Waals surface area contributed by atoms with Crippen molar-refractivity contribution in [3.63, 3.8) is 0 Å². The van der Waals surface area contributed by atoms with Crippen molar-refractivity contribution >= 4 is 43.7 Å². The molecule has 5 rings (SSSR count). The molecule has 0 saturated carbocycles. The van der Waals surface area contributed by atoms with Gasteiger partial charge in [-0.3, -0.25) is 4.79 Å². The van der Waals surface area contributed by atoms with Crippen molar-refractivity contribution in [2.24, 2.45) is 0 Å². The number of aryl methyl sites for hydroxylation is 1. The molecular weight excluding hydrogens is 378 g/mol. The monoisotopic (exact) mass is 391 g/mol. The molecule has 0 saturated heterocycles. The van der Waals surface area contributed by atoms with E-state index < -0.39 is 5.63 Å². The Bertz CT molecular complexity index is 1480. The van der Waals surface area contributed by atoms with E-state index in [0.717, 1.165) is 15.8 Å². The summed E-state index contributed by atoms with van der Waals surface area (Å²) in [4.78, 5) is 30.2. The van der Waals surface area contributed by atoms with Crippen molar-refractivity contribution in [3.8, 4) is 16.3 Å². The molecule has 0 fully saturated rings. The van der Waals surface area contributed by atoms with Gasteiger partial charge in [0.2, 0.25) is 5.43 Å². The van der Waals surface area contributed by atoms with E-state index in [1.807, 2.05) is 31.2 Å². The van der Waals surface area contributed by atoms with Gasteiger partial charge >= 0.3 is 11.4 Å². The Morgan fingerprint density at radius 2 is 1.89 bits per heavy atom. The zero-order valence-corrected chi connectivity index (χ0v) is 15.8. The summed E-state index contributed by atoms with van der Waals surface area (Å²) in [6.45, 7) is 1.86. The molecule has 0 N–H and O–H groups in total. The molecule has 0 aliphatic heterocycles. The highest BCUT2D eigenvalue weighted by Gasteiger charge is 2.19. The van der Waals surface area contributed by atoms with E-state index in [1.54, 1.807) is 12.1 Å². The lowest BCUT2D eigenvalue weighted by molar-refractivity contribution is 0.417. The lowest BCUT2D eigenvalue weighted by Gasteiger charge is -2.07. The summed E-state index contributed by atoms with van der Waals surface area (Å²) >= 11 is 1.36. The smallest absolute Gasteiger partial charge is 0.349 e. The van der Waals surface area contributed by atoms with Crippen LogP contribution in [0.25, 0.3) is 42.9 Å². The quantitative estimate of drug-likeness (QED) is 0.412. The maximum atomic E-state index is 13.1. The van der Waals surface area contributed by atoms with Gasteiger partial charge in [0.15, 0.2) is 0 Å². The Morgan fingerprint density at radius 1 is 1.07 bits per heavy atom. The number of nitrogens with zero attached hydrogens (tertiary/aromatic N) is 1. The predicted octanol–water partition coefficient (Wildman–Crippen LogP) is 4.49. The van der Waals surface area contributed by atoms with Gasteiger partial charge in [0.1, 0.15) is 27.1 Å². The molecule has 28 heavy (non-hydrogen) atoms. The number of benzene rings is 2. The largest absolute Gasteiger partial charge is 0.496 e. The summed E-state index contributed by atoms with van der Waals surface area (Å²) in [6.07, 6.45) is 0. The Balaban J connectivity index is 1.85. The maximum Gasteiger partial charge on any atom is 0.349 e. The number of thiazole rings is 1. The SMILES string of the molecule is COc1cc(C)cc2oc3oc(=O)c(-c4nc5ccccc5s4)cc3c(=O)c12. The van der Waals surface area contributed by atoms with Gasteiger partial charge in [-0.2, -0.15) is 0 Å². The van der Waals surface area contributed by atoms with Crippen molar-refractivity contribution in [2.45, 2.75) is 6.92 Å². The number of aromatic nitrogens is 1. The average molecular weight is 391 g/mol. The van der Waals surface area contributed by atoms with Crippen molar-refractivity contribution < 1.29 is 13.6 Å². The fourth-order valence-corrected chi connectivity index (χ4v) is 4.22. The first-order chi connectivity index (χ1) is 13.5. The summed E-state index contributed by atoms with van der Waals surface area (Å²) in [5.41, 5.74) is 1.26. The third-order valence-electron chi connectivity index (χ3n) is 4.54. The number of ether oxygens (including phenoxy) is 1. The summed E-state index contributed by atoms with van der Waals surface area (Å²) in [5, 5.41) is 0.973. The Morgan fingerprint density at radius 3 is 2.68 bits per heavy atom. The fraction of sp³-hybridized carbons (Fsp3) is 0.0952. The number of hydrogen-bond donors (Lipinski definition) is 0. The zero-order valence-electron chi connectivity index (χ0n) is 14.9. The van der Waals surface area contributed by atoms with Gasteiger partial charge in [0.25, 0.3) is 0 Å². The molecule has 0 aliphatic rings. The van der Waals surface area contributed by atoms with Crippen LogP contribution in [-0.4, -0.2) is 12.1 Å². The molecule has 0 spiro atoms. The highest BCUT2D eigenvalue weighted by molar-refractivity contribution is 7.21. The second kappa shape index (κ2) is 6.03. The normalized spacial score (nSPS) is 11.5. The average Bonchev–Trinajstić information content (AvgIpc) is 3.10. The first-order valence-corrected chi connectivity index (χ1v) is 9.32. The molecule has 0 aliphatic carbocycles. The van der Waals surface area contributed by atoms with Crippen molar-refractivity contribution in [1.82, 2.24) is 4.98 Å². The third kappa shape index (κ3) is 2.44. The van der Waals surface area contributed by atoms with Gasteiger partial charge in [-0.1, -0.05) is 12.1 Å². The molecule has 0 unspecified atom stereocenters. The molecule has 0 radical (unpaired) electrons. The van der Waals surface area contributed by atoms with Gasteiger partial charge in [-0.25, -0.2) is 9.78 Å². The third-order valence-corrected chi connectivity index (χ3v) is 5.61. The molecule has 2 aromatic carbocycles. The standard InChI is InChI=1S/C21H13NO5S/c1-10-7-14(25-2)17-15(8-10)26-21-11(18(17)23)9-12(20(24)27-21)19-22-13-5-3-4-6-16(13)28-19/h3-9H,1-2H3. The van der Waals surface area contributed by atoms with E-state index in [-0.39, 0.29) is 22.2 Å². The summed E-state index contributed by atoms with van der Waals surface area (Å²) < 4.78 is 17.4. The van der Waals surface area contributed by atoms with Crippen LogP contribution in [-0.2, 0) is 0 Å². The minimum Gasteiger partial charge on any atom is -0.496 e. The van der Waals surface area contributed by atoms with Crippen LogP contribution in [0.4, 0.5) is 0 Å². The number of hydrogen-bond acceptors (Lipinski definition) is 7. The fourth-order valence-electron chi connectivity index (χ4n) is 3.25. The summed E-state index contributed by atoms with van der Waals surface area (Å²) in [5.74, 6) is 0.304. The highest BCUT2D eigenvalue weighted by atomic mass is 32.1. The summed E-state index contributed by atoms with van der Waals surface area (Å²) in [6, 6.07) is 12.5. The minimum atomic E-state index is -0.603. The molecule has 3 heterocycles. The van der Waals surface area contributed by atoms with Crippen LogP contribution in [0.15, 0.2) is 60.9 Å². The number of methoxy groups -OCH3 is 1. The lowest BCUT2D eigenvalue weighted by Crippen LogP contribution is -2.09. The second-order valence-electron chi connectivity index (χ2n) is 6.41. The number of rotatable bonds is 2. The van der Waals surface area contributed by atoms with Gasteiger partial charge < -0.3 is 13.6 Å². The van der Waals surface area contributed by atoms with E-state index >= 15 is 0 Å². The van der Waals surface area contributed by atoms with Crippen LogP contribution >= 0.6 is 11.3 Å². The molecule has 5 aromatic rings. The van der Waals surface area contributed by atoms with Crippen LogP contribution < -0.4 is 15.8 Å². The van der Waals surface area contributed by atoms with E-state index in [0.29, 0.717) is 21.7 Å². The van der Waals surface area contributed by atoms with Gasteiger partial charge in [0.05, 0.1) is 22.9 Å². The maximum absolute atomic E-state index is 13.1. The van der Waals surface area contributed by atoms with E-state index in [2.05, 4.69) is 4.98 Å². The number of fused-ring (bicyclic) bond motifs is 3. The zero-order chi connectivity index (χ0) is 19.4. The van der Waals surface area contributed by atoms with Crippen LogP contribution in [0.2, 0.25) is 0 Å². The molecule has 0 atom stereocenters. The molecule has 0 bridgehead atoms. The second-order valence-corrected chi connectivity index (χ2v) is 7.44. The minimum absolute atomic E-state index is 0.111. The Labute approximate surface area is 161 Å². The van der Waals surface area contributed by atoms with Crippen LogP contribution in [0.5, 0.6) is 5.75 Å². The van der Waals surface area contributed by atoms with Gasteiger partial charge in [-0.15, -0.1) is 11.3 Å². The number of para-hydroxylation sites is 1. The van der Waals surface area contributed by atoms with E-state index in [4.69, 9.17) is 13.6 Å². The first kappa shape index (κ1) is 16.7. The highest BCUT2D eigenvalue weighted by Crippen LogP contribution is 2.31. The van der Waals surface area contributed by atoms with Crippen molar-refractivity contribution in [3.05, 3.63) is 68.7 Å². The van der Waals surface area contributed by atoms with E-state index in [1.165, 1.54) is 24.5 Å². The first-order valence-electron chi connectivity index (χ1n) is 8.50. The molecule has 3 aromatic heterocycles. The summed E-state index contributed by atoms with van der Waals surface area (Å²) in [7, 11) is 1.50. The van der Waals surface area contributed by atoms with Crippen LogP contribution in [0, 0.1) is 6.92 Å². The topological polar surface area (TPSA) is 82.5 Å². The molecule has 0 amide bonds. The van der Waals surface area contributed by atoms with Crippen LogP contribution in [0.1, 0.15) is 5.56 Å². The Hall–Kier alpha value is -3.45. The molecule has 6 nitrogen and oxygen atoms in total. The Kier molecular flexibility index (Phi) is 3.60. The lowest BCUT2D eigenvalue weighted by atomic mass is 10.1. The van der Waals surface area contributed by atoms with Gasteiger partial charge in [-0.05, 0) is 42.8 Å². The van der Waals surface area contributed by atoms with Crippen molar-refractivity contribution in [2.75, 3.05) is 7.11 Å². The predicted molar refractivity (Wildman–Crippen MR) is 108 cm³/mol. The van der Waals surface area contributed by atoms with E-state index in [9.17, 15) is 9.59 Å². The van der Waals surface area contributed by atoms with Crippen LogP contribution in [0.3, 0.4) is 0 Å². The van der Waals surface area contributed by atoms with Crippen molar-refractivity contribution in [1.29, 1.82) is 0 Å². The molecule has 138 valence electrons.